The Morgan fingerprint density at radius 3 is 2.95 bits per heavy atom. The fourth-order valence-corrected chi connectivity index (χ4v) is 3.59. The normalized spacial score (nSPS) is 16.2. The van der Waals surface area contributed by atoms with Gasteiger partial charge in [0.15, 0.2) is 5.16 Å². The van der Waals surface area contributed by atoms with Gasteiger partial charge in [-0.1, -0.05) is 11.8 Å². The highest BCUT2D eigenvalue weighted by atomic mass is 32.2. The first kappa shape index (κ1) is 15.2. The molecule has 5 nitrogen and oxygen atoms in total. The molecular weight excluding hydrogens is 298 g/mol. The lowest BCUT2D eigenvalue weighted by Crippen LogP contribution is -2.34. The molecule has 0 bridgehead atoms. The first-order valence-electron chi connectivity index (χ1n) is 7.75. The Morgan fingerprint density at radius 1 is 1.45 bits per heavy atom. The van der Waals surface area contributed by atoms with Crippen LogP contribution < -0.4 is 4.74 Å². The third-order valence-corrected chi connectivity index (χ3v) is 4.77. The average molecular weight is 319 g/mol. The molecule has 1 saturated heterocycles. The van der Waals surface area contributed by atoms with Crippen LogP contribution >= 0.6 is 11.8 Å². The van der Waals surface area contributed by atoms with Crippen LogP contribution in [0.4, 0.5) is 0 Å². The van der Waals surface area contributed by atoms with E-state index in [4.69, 9.17) is 4.74 Å². The van der Waals surface area contributed by atoms with E-state index in [1.54, 1.807) is 0 Å². The fourth-order valence-electron chi connectivity index (χ4n) is 2.69. The van der Waals surface area contributed by atoms with E-state index in [0.717, 1.165) is 47.9 Å². The van der Waals surface area contributed by atoms with Crippen molar-refractivity contribution >= 4 is 28.7 Å². The van der Waals surface area contributed by atoms with Crippen molar-refractivity contribution in [3.8, 4) is 5.75 Å². The van der Waals surface area contributed by atoms with Gasteiger partial charge in [-0.15, -0.1) is 0 Å². The Morgan fingerprint density at radius 2 is 2.23 bits per heavy atom. The zero-order valence-electron chi connectivity index (χ0n) is 13.0. The number of carbonyl (C=O) groups excluding carboxylic acids is 1. The number of H-pyrrole nitrogens is 1. The molecule has 1 atom stereocenters. The number of likely N-dealkylation sites (tertiary alicyclic amines) is 1. The molecule has 0 aliphatic carbocycles. The Kier molecular flexibility index (Phi) is 4.57. The molecule has 6 heteroatoms. The number of fused-ring (bicyclic) bond motifs is 1. The number of hydrogen-bond donors (Lipinski definition) is 1. The van der Waals surface area contributed by atoms with E-state index in [-0.39, 0.29) is 11.2 Å². The summed E-state index contributed by atoms with van der Waals surface area (Å²) in [6.45, 7) is 6.33. The van der Waals surface area contributed by atoms with E-state index in [9.17, 15) is 4.79 Å². The van der Waals surface area contributed by atoms with E-state index >= 15 is 0 Å². The van der Waals surface area contributed by atoms with Gasteiger partial charge < -0.3 is 14.6 Å². The second-order valence-corrected chi connectivity index (χ2v) is 6.78. The third-order valence-electron chi connectivity index (χ3n) is 3.80. The number of benzene rings is 1. The number of rotatable bonds is 5. The molecule has 2 heterocycles. The van der Waals surface area contributed by atoms with E-state index in [1.165, 1.54) is 11.8 Å². The minimum Gasteiger partial charge on any atom is -0.494 e. The van der Waals surface area contributed by atoms with Crippen LogP contribution in [0.5, 0.6) is 5.75 Å². The molecule has 2 aromatic rings. The van der Waals surface area contributed by atoms with Gasteiger partial charge in [0, 0.05) is 19.2 Å². The summed E-state index contributed by atoms with van der Waals surface area (Å²) in [7, 11) is 0. The van der Waals surface area contributed by atoms with Crippen molar-refractivity contribution in [1.29, 1.82) is 0 Å². The van der Waals surface area contributed by atoms with Gasteiger partial charge in [0.05, 0.1) is 22.9 Å². The van der Waals surface area contributed by atoms with Crippen LogP contribution in [0.25, 0.3) is 11.0 Å². The molecule has 1 aliphatic rings. The molecule has 0 radical (unpaired) electrons. The zero-order valence-corrected chi connectivity index (χ0v) is 13.8. The predicted octanol–water partition coefficient (Wildman–Crippen LogP) is 3.06. The maximum absolute atomic E-state index is 12.3. The van der Waals surface area contributed by atoms with Gasteiger partial charge >= 0.3 is 0 Å². The van der Waals surface area contributed by atoms with Crippen molar-refractivity contribution in [1.82, 2.24) is 14.9 Å². The van der Waals surface area contributed by atoms with Crippen molar-refractivity contribution in [3.63, 3.8) is 0 Å². The highest BCUT2D eigenvalue weighted by Gasteiger charge is 2.24. The summed E-state index contributed by atoms with van der Waals surface area (Å²) in [6.07, 6.45) is 2.24. The molecule has 3 rings (SSSR count). The summed E-state index contributed by atoms with van der Waals surface area (Å²) in [5.74, 6) is 1.04. The maximum Gasteiger partial charge on any atom is 0.235 e. The SMILES string of the molecule is CCOc1ccc2nc(SC(C)C(=O)N3CCCC3)[nH]c2c1. The lowest BCUT2D eigenvalue weighted by Gasteiger charge is -2.19. The number of nitrogens with one attached hydrogen (secondary N) is 1. The number of thioether (sulfide) groups is 1. The minimum atomic E-state index is -0.120. The standard InChI is InChI=1S/C16H21N3O2S/c1-3-21-12-6-7-13-14(10-12)18-16(17-13)22-11(2)15(20)19-8-4-5-9-19/h6-7,10-11H,3-5,8-9H2,1-2H3,(H,17,18). The van der Waals surface area contributed by atoms with Crippen molar-refractivity contribution in [2.45, 2.75) is 37.1 Å². The van der Waals surface area contributed by atoms with Gasteiger partial charge in [-0.25, -0.2) is 4.98 Å². The number of aromatic amines is 1. The Hall–Kier alpha value is -1.69. The number of ether oxygens (including phenoxy) is 1. The van der Waals surface area contributed by atoms with Gasteiger partial charge in [-0.3, -0.25) is 4.79 Å². The topological polar surface area (TPSA) is 58.2 Å². The molecule has 0 saturated carbocycles. The Balaban J connectivity index is 1.71. The molecule has 1 aromatic heterocycles. The first-order chi connectivity index (χ1) is 10.7. The molecule has 0 spiro atoms. The van der Waals surface area contributed by atoms with Gasteiger partial charge in [0.25, 0.3) is 0 Å². The van der Waals surface area contributed by atoms with Crippen LogP contribution in [0, 0.1) is 0 Å². The Labute approximate surface area is 134 Å². The number of carbonyl (C=O) groups is 1. The molecule has 1 amide bonds. The van der Waals surface area contributed by atoms with Gasteiger partial charge in [0.2, 0.25) is 5.91 Å². The summed E-state index contributed by atoms with van der Waals surface area (Å²) < 4.78 is 5.49. The molecule has 1 unspecified atom stereocenters. The quantitative estimate of drug-likeness (QED) is 0.861. The van der Waals surface area contributed by atoms with Gasteiger partial charge in [-0.05, 0) is 38.8 Å². The van der Waals surface area contributed by atoms with Crippen LogP contribution in [0.2, 0.25) is 0 Å². The number of imidazole rings is 1. The molecule has 1 N–H and O–H groups in total. The lowest BCUT2D eigenvalue weighted by molar-refractivity contribution is -0.129. The highest BCUT2D eigenvalue weighted by molar-refractivity contribution is 8.00. The molecular formula is C16H21N3O2S. The lowest BCUT2D eigenvalue weighted by atomic mass is 10.3. The fraction of sp³-hybridized carbons (Fsp3) is 0.500. The largest absolute Gasteiger partial charge is 0.494 e. The van der Waals surface area contributed by atoms with E-state index < -0.39 is 0 Å². The summed E-state index contributed by atoms with van der Waals surface area (Å²) in [5.41, 5.74) is 1.83. The van der Waals surface area contributed by atoms with Gasteiger partial charge in [0.1, 0.15) is 5.75 Å². The van der Waals surface area contributed by atoms with Crippen LogP contribution in [-0.4, -0.2) is 45.7 Å². The van der Waals surface area contributed by atoms with Crippen LogP contribution in [0.15, 0.2) is 23.4 Å². The smallest absolute Gasteiger partial charge is 0.235 e. The zero-order chi connectivity index (χ0) is 15.5. The highest BCUT2D eigenvalue weighted by Crippen LogP contribution is 2.27. The second kappa shape index (κ2) is 6.60. The molecule has 1 aliphatic heterocycles. The van der Waals surface area contributed by atoms with Crippen LogP contribution in [0.1, 0.15) is 26.7 Å². The molecule has 1 fully saturated rings. The van der Waals surface area contributed by atoms with Crippen molar-refractivity contribution in [3.05, 3.63) is 18.2 Å². The minimum absolute atomic E-state index is 0.120. The summed E-state index contributed by atoms with van der Waals surface area (Å²) in [5, 5.41) is 0.661. The second-order valence-electron chi connectivity index (χ2n) is 5.45. The molecule has 1 aromatic carbocycles. The predicted molar refractivity (Wildman–Crippen MR) is 88.4 cm³/mol. The summed E-state index contributed by atoms with van der Waals surface area (Å²) in [6, 6.07) is 5.80. The first-order valence-corrected chi connectivity index (χ1v) is 8.63. The maximum atomic E-state index is 12.3. The number of aromatic nitrogens is 2. The molecule has 118 valence electrons. The van der Waals surface area contributed by atoms with Crippen molar-refractivity contribution < 1.29 is 9.53 Å². The summed E-state index contributed by atoms with van der Waals surface area (Å²) in [4.78, 5) is 22.1. The van der Waals surface area contributed by atoms with Crippen LogP contribution in [-0.2, 0) is 4.79 Å². The third kappa shape index (κ3) is 3.21. The van der Waals surface area contributed by atoms with E-state index in [0.29, 0.717) is 6.61 Å². The van der Waals surface area contributed by atoms with Crippen molar-refractivity contribution in [2.24, 2.45) is 0 Å². The van der Waals surface area contributed by atoms with Crippen molar-refractivity contribution in [2.75, 3.05) is 19.7 Å². The number of nitrogens with zero attached hydrogens (tertiary/aromatic N) is 2. The van der Waals surface area contributed by atoms with E-state index in [2.05, 4.69) is 9.97 Å². The number of amides is 1. The monoisotopic (exact) mass is 319 g/mol. The van der Waals surface area contributed by atoms with Crippen LogP contribution in [0.3, 0.4) is 0 Å². The number of hydrogen-bond acceptors (Lipinski definition) is 4. The summed E-state index contributed by atoms with van der Waals surface area (Å²) >= 11 is 1.48. The molecule has 22 heavy (non-hydrogen) atoms. The van der Waals surface area contributed by atoms with E-state index in [1.807, 2.05) is 36.9 Å². The Bertz CT molecular complexity index is 664. The average Bonchev–Trinajstić information content (AvgIpc) is 3.15. The van der Waals surface area contributed by atoms with Gasteiger partial charge in [-0.2, -0.15) is 0 Å².